The fraction of sp³-hybridized carbons (Fsp3) is 0.435. The van der Waals surface area contributed by atoms with Gasteiger partial charge in [-0.2, -0.15) is 8.42 Å². The summed E-state index contributed by atoms with van der Waals surface area (Å²) in [4.78, 5) is 52.2. The third-order valence-electron chi connectivity index (χ3n) is 5.76. The van der Waals surface area contributed by atoms with Crippen LogP contribution in [-0.2, 0) is 35.1 Å². The van der Waals surface area contributed by atoms with Gasteiger partial charge in [0.05, 0.1) is 0 Å². The minimum Gasteiger partial charge on any atom is -0.477 e. The molecule has 2 aliphatic rings. The number of nitrogens with one attached hydrogen (secondary N) is 2. The molecule has 3 atom stereocenters. The average Bonchev–Trinajstić information content (AvgIpc) is 3.32. The smallest absolute Gasteiger partial charge is 0.408 e. The Morgan fingerprint density at radius 1 is 1.24 bits per heavy atom. The number of ether oxygens (including phenoxy) is 1. The molecule has 1 unspecified atom stereocenters. The highest BCUT2D eigenvalue weighted by Crippen LogP contribution is 2.41. The Bertz CT molecular complexity index is 1520. The van der Waals surface area contributed by atoms with Gasteiger partial charge >= 0.3 is 12.1 Å². The van der Waals surface area contributed by atoms with Gasteiger partial charge in [-0.25, -0.2) is 14.3 Å². The van der Waals surface area contributed by atoms with E-state index in [9.17, 15) is 32.7 Å². The summed E-state index contributed by atoms with van der Waals surface area (Å²) in [6, 6.07) is 6.13. The first-order valence-corrected chi connectivity index (χ1v) is 15.9. The molecule has 4 N–H and O–H groups in total. The largest absolute Gasteiger partial charge is 0.477 e. The van der Waals surface area contributed by atoms with Crippen LogP contribution in [0.2, 0.25) is 0 Å². The summed E-state index contributed by atoms with van der Waals surface area (Å²) in [6.45, 7) is 5.02. The van der Waals surface area contributed by atoms with Crippen molar-refractivity contribution in [3.63, 3.8) is 0 Å². The summed E-state index contributed by atoms with van der Waals surface area (Å²) in [5.74, 6) is -3.40. The van der Waals surface area contributed by atoms with E-state index in [4.69, 9.17) is 9.29 Å². The molecular formula is C23H27N7O9S3. The van der Waals surface area contributed by atoms with Gasteiger partial charge in [0.15, 0.2) is 5.88 Å². The average molecular weight is 642 g/mol. The zero-order chi connectivity index (χ0) is 30.8. The number of nitrogens with zero attached hydrogens (tertiary/aromatic N) is 5. The van der Waals surface area contributed by atoms with Crippen LogP contribution in [0.5, 0.6) is 0 Å². The number of carboxylic acid groups (broad SMARTS) is 1. The van der Waals surface area contributed by atoms with Crippen molar-refractivity contribution in [2.24, 2.45) is 0 Å². The van der Waals surface area contributed by atoms with Crippen molar-refractivity contribution in [3.05, 3.63) is 47.2 Å². The summed E-state index contributed by atoms with van der Waals surface area (Å²) >= 11 is 2.16. The fourth-order valence-electron chi connectivity index (χ4n) is 4.09. The number of benzene rings is 1. The number of thioether (sulfide) groups is 2. The van der Waals surface area contributed by atoms with Gasteiger partial charge in [0.25, 0.3) is 16.0 Å². The van der Waals surface area contributed by atoms with E-state index in [-0.39, 0.29) is 22.4 Å². The molecule has 226 valence electrons. The molecule has 42 heavy (non-hydrogen) atoms. The minimum atomic E-state index is -4.43. The number of β-lactam (4-membered cyclic amide) rings is 1. The molecule has 3 amide bonds. The highest BCUT2D eigenvalue weighted by Gasteiger charge is 2.54. The SMILES string of the molecule is CC(C)(C)OC(=O)N[C@@H](C(=O)NC1C(=O)N2C(C(=O)O)=C(CSc3nnnn3CS(=O)(=O)O)CS[C@H]12)c1ccccc1. The van der Waals surface area contributed by atoms with Crippen molar-refractivity contribution in [3.8, 4) is 0 Å². The molecule has 1 saturated heterocycles. The standard InChI is InChI=1S/C23H27N7O9S3/c1-23(2,3)39-22(35)25-14(12-7-5-4-6-8-12)17(31)24-15-18(32)30-16(20(33)34)13(9-40-19(15)30)10-41-21-26-27-28-29(21)11-42(36,37)38/h4-8,14-15,19H,9-11H2,1-3H3,(H,24,31)(H,25,35)(H,33,34)(H,36,37,38)/t14-,15?,19-/m1/s1. The minimum absolute atomic E-state index is 0.00387. The molecule has 1 fully saturated rings. The monoisotopic (exact) mass is 641 g/mol. The zero-order valence-corrected chi connectivity index (χ0v) is 24.9. The molecule has 19 heteroatoms. The number of tetrazole rings is 1. The van der Waals surface area contributed by atoms with Gasteiger partial charge < -0.3 is 20.5 Å². The maximum Gasteiger partial charge on any atom is 0.408 e. The lowest BCUT2D eigenvalue weighted by molar-refractivity contribution is -0.151. The van der Waals surface area contributed by atoms with Gasteiger partial charge in [-0.3, -0.25) is 19.0 Å². The number of hydrogen-bond donors (Lipinski definition) is 4. The van der Waals surface area contributed by atoms with Crippen LogP contribution in [0.15, 0.2) is 46.8 Å². The lowest BCUT2D eigenvalue weighted by Crippen LogP contribution is -2.71. The molecule has 16 nitrogen and oxygen atoms in total. The lowest BCUT2D eigenvalue weighted by Gasteiger charge is -2.49. The molecular weight excluding hydrogens is 614 g/mol. The molecule has 0 spiro atoms. The number of rotatable bonds is 10. The van der Waals surface area contributed by atoms with Crippen molar-refractivity contribution in [2.45, 2.75) is 54.9 Å². The van der Waals surface area contributed by atoms with Crippen molar-refractivity contribution < 1.29 is 42.0 Å². The van der Waals surface area contributed by atoms with E-state index < -0.39 is 62.9 Å². The van der Waals surface area contributed by atoms with Crippen molar-refractivity contribution in [1.29, 1.82) is 0 Å². The van der Waals surface area contributed by atoms with Crippen molar-refractivity contribution in [2.75, 3.05) is 11.5 Å². The Morgan fingerprint density at radius 3 is 2.55 bits per heavy atom. The number of carboxylic acids is 1. The number of amides is 3. The van der Waals surface area contributed by atoms with Gasteiger partial charge in [0, 0.05) is 11.5 Å². The molecule has 4 rings (SSSR count). The van der Waals surface area contributed by atoms with Crippen LogP contribution in [0, 0.1) is 0 Å². The van der Waals surface area contributed by atoms with Gasteiger partial charge in [-0.15, -0.1) is 16.9 Å². The van der Waals surface area contributed by atoms with Crippen molar-refractivity contribution >= 4 is 57.5 Å². The third kappa shape index (κ3) is 7.39. The molecule has 0 radical (unpaired) electrons. The second-order valence-electron chi connectivity index (χ2n) is 10.1. The van der Waals surface area contributed by atoms with Crippen LogP contribution >= 0.6 is 23.5 Å². The van der Waals surface area contributed by atoms with Crippen LogP contribution in [0.4, 0.5) is 4.79 Å². The molecule has 0 bridgehead atoms. The first kappa shape index (κ1) is 31.3. The number of fused-ring (bicyclic) bond motifs is 1. The van der Waals surface area contributed by atoms with E-state index in [2.05, 4.69) is 26.2 Å². The highest BCUT2D eigenvalue weighted by atomic mass is 32.2. The number of carbonyl (C=O) groups is 4. The number of hydrogen-bond acceptors (Lipinski definition) is 12. The first-order valence-electron chi connectivity index (χ1n) is 12.2. The molecule has 0 aliphatic carbocycles. The van der Waals surface area contributed by atoms with E-state index in [1.54, 1.807) is 51.1 Å². The number of aromatic nitrogens is 4. The van der Waals surface area contributed by atoms with E-state index >= 15 is 0 Å². The summed E-state index contributed by atoms with van der Waals surface area (Å²) in [5.41, 5.74) is -0.282. The van der Waals surface area contributed by atoms with E-state index in [1.807, 2.05) is 0 Å². The molecule has 3 heterocycles. The number of aliphatic carboxylic acids is 1. The van der Waals surface area contributed by atoms with Crippen LogP contribution < -0.4 is 10.6 Å². The van der Waals surface area contributed by atoms with Crippen LogP contribution in [0.1, 0.15) is 32.4 Å². The maximum absolute atomic E-state index is 13.3. The van der Waals surface area contributed by atoms with Gasteiger partial charge in [0.1, 0.15) is 28.8 Å². The molecule has 2 aliphatic heterocycles. The summed E-state index contributed by atoms with van der Waals surface area (Å²) in [5, 5.41) is 25.0. The fourth-order valence-corrected chi connectivity index (χ4v) is 7.02. The Kier molecular flexibility index (Phi) is 9.14. The molecule has 1 aromatic carbocycles. The second kappa shape index (κ2) is 12.3. The topological polar surface area (TPSA) is 223 Å². The van der Waals surface area contributed by atoms with Crippen molar-refractivity contribution in [1.82, 2.24) is 35.7 Å². The van der Waals surface area contributed by atoms with Crippen LogP contribution in [0.3, 0.4) is 0 Å². The van der Waals surface area contributed by atoms with E-state index in [1.165, 1.54) is 11.8 Å². The van der Waals surface area contributed by atoms with Crippen LogP contribution in [0.25, 0.3) is 0 Å². The molecule has 0 saturated carbocycles. The maximum atomic E-state index is 13.3. The van der Waals surface area contributed by atoms with Gasteiger partial charge in [-0.05, 0) is 42.3 Å². The Labute approximate surface area is 248 Å². The summed E-state index contributed by atoms with van der Waals surface area (Å²) in [7, 11) is -4.43. The van der Waals surface area contributed by atoms with Gasteiger partial charge in [0.2, 0.25) is 11.1 Å². The quantitative estimate of drug-likeness (QED) is 0.159. The Hall–Kier alpha value is -3.68. The Balaban J connectivity index is 1.48. The van der Waals surface area contributed by atoms with E-state index in [0.717, 1.165) is 21.3 Å². The van der Waals surface area contributed by atoms with Gasteiger partial charge in [-0.1, -0.05) is 42.1 Å². The number of carbonyl (C=O) groups excluding carboxylic acids is 3. The summed E-state index contributed by atoms with van der Waals surface area (Å²) < 4.78 is 37.6. The lowest BCUT2D eigenvalue weighted by atomic mass is 10.0. The normalized spacial score (nSPS) is 19.4. The Morgan fingerprint density at radius 2 is 1.93 bits per heavy atom. The molecule has 1 aromatic heterocycles. The predicted molar refractivity (Wildman–Crippen MR) is 148 cm³/mol. The van der Waals surface area contributed by atoms with E-state index in [0.29, 0.717) is 11.1 Å². The van der Waals surface area contributed by atoms with Crippen LogP contribution in [-0.4, -0.2) is 95.6 Å². The third-order valence-corrected chi connectivity index (χ3v) is 8.72. The zero-order valence-electron chi connectivity index (χ0n) is 22.5. The highest BCUT2D eigenvalue weighted by molar-refractivity contribution is 8.01. The molecule has 2 aromatic rings. The summed E-state index contributed by atoms with van der Waals surface area (Å²) in [6.07, 6.45) is -0.832. The first-order chi connectivity index (χ1) is 19.6. The number of alkyl carbamates (subject to hydrolysis) is 1. The predicted octanol–water partition coefficient (Wildman–Crippen LogP) is 0.615. The second-order valence-corrected chi connectivity index (χ2v) is 13.6.